The molecule has 0 spiro atoms. The molecule has 4 nitrogen and oxygen atoms in total. The number of para-hydroxylation sites is 1. The van der Waals surface area contributed by atoms with Gasteiger partial charge in [0.25, 0.3) is 5.91 Å². The van der Waals surface area contributed by atoms with Crippen LogP contribution in [0.5, 0.6) is 0 Å². The number of carbonyl (C=O) groups excluding carboxylic acids is 1. The molecule has 1 heterocycles. The van der Waals surface area contributed by atoms with Crippen LogP contribution in [0.1, 0.15) is 23.8 Å². The van der Waals surface area contributed by atoms with Gasteiger partial charge < -0.3 is 10.3 Å². The molecule has 2 atom stereocenters. The Hall–Kier alpha value is -1.62. The summed E-state index contributed by atoms with van der Waals surface area (Å²) >= 11 is 0. The van der Waals surface area contributed by atoms with Gasteiger partial charge in [-0.25, -0.2) is 0 Å². The molecule has 1 aromatic heterocycles. The van der Waals surface area contributed by atoms with Crippen LogP contribution < -0.4 is 5.32 Å². The van der Waals surface area contributed by atoms with Crippen molar-refractivity contribution in [2.75, 3.05) is 12.8 Å². The molecule has 0 aliphatic heterocycles. The predicted molar refractivity (Wildman–Crippen MR) is 78.8 cm³/mol. The zero-order valence-electron chi connectivity index (χ0n) is 11.1. The number of aromatic amines is 1. The highest BCUT2D eigenvalue weighted by atomic mass is 32.2. The lowest BCUT2D eigenvalue weighted by Gasteiger charge is -2.08. The molecule has 1 amide bonds. The van der Waals surface area contributed by atoms with Gasteiger partial charge in [-0.05, 0) is 18.6 Å². The number of benzene rings is 1. The van der Waals surface area contributed by atoms with E-state index in [4.69, 9.17) is 0 Å². The summed E-state index contributed by atoms with van der Waals surface area (Å²) in [7, 11) is -0.841. The summed E-state index contributed by atoms with van der Waals surface area (Å²) in [6, 6.07) is 9.61. The number of hydrogen-bond acceptors (Lipinski definition) is 2. The maximum atomic E-state index is 11.9. The lowest BCUT2D eigenvalue weighted by molar-refractivity contribution is 0.0949. The third-order valence-corrected chi connectivity index (χ3v) is 4.55. The van der Waals surface area contributed by atoms with E-state index in [1.165, 1.54) is 0 Å². The first-order chi connectivity index (χ1) is 9.08. The topological polar surface area (TPSA) is 62.0 Å². The van der Waals surface area contributed by atoms with Gasteiger partial charge in [0.15, 0.2) is 0 Å². The van der Waals surface area contributed by atoms with Crippen molar-refractivity contribution >= 4 is 27.6 Å². The van der Waals surface area contributed by atoms with Gasteiger partial charge in [-0.15, -0.1) is 0 Å². The first kappa shape index (κ1) is 13.8. The summed E-state index contributed by atoms with van der Waals surface area (Å²) in [6.45, 7) is 2.46. The molecule has 2 rings (SSSR count). The number of fused-ring (bicyclic) bond motifs is 1. The number of carbonyl (C=O) groups is 1. The molecule has 1 aromatic carbocycles. The molecule has 102 valence electrons. The normalized spacial score (nSPS) is 14.2. The largest absolute Gasteiger partial charge is 0.351 e. The van der Waals surface area contributed by atoms with Gasteiger partial charge in [-0.2, -0.15) is 0 Å². The highest BCUT2D eigenvalue weighted by Crippen LogP contribution is 2.14. The Morgan fingerprint density at radius 1 is 1.42 bits per heavy atom. The second kappa shape index (κ2) is 6.02. The van der Waals surface area contributed by atoms with Crippen molar-refractivity contribution in [3.8, 4) is 0 Å². The minimum atomic E-state index is -0.841. The van der Waals surface area contributed by atoms with Crippen molar-refractivity contribution in [1.29, 1.82) is 0 Å². The van der Waals surface area contributed by atoms with E-state index in [-0.39, 0.29) is 11.2 Å². The van der Waals surface area contributed by atoms with Crippen LogP contribution in [0, 0.1) is 0 Å². The molecule has 19 heavy (non-hydrogen) atoms. The zero-order chi connectivity index (χ0) is 13.8. The monoisotopic (exact) mass is 278 g/mol. The van der Waals surface area contributed by atoms with Crippen LogP contribution in [0.25, 0.3) is 10.9 Å². The fourth-order valence-corrected chi connectivity index (χ4v) is 2.30. The Morgan fingerprint density at radius 2 is 2.16 bits per heavy atom. The standard InChI is InChI=1S/C14H18N2O2S/c1-10(19(2)18)7-8-15-14(17)13-9-11-5-3-4-6-12(11)16-13/h3-6,9-10,16H,7-8H2,1-2H3,(H,15,17). The zero-order valence-corrected chi connectivity index (χ0v) is 11.9. The fourth-order valence-electron chi connectivity index (χ4n) is 1.85. The Bertz CT molecular complexity index is 573. The molecule has 0 radical (unpaired) electrons. The molecule has 0 saturated carbocycles. The Kier molecular flexibility index (Phi) is 4.37. The minimum Gasteiger partial charge on any atom is -0.351 e. The molecule has 2 unspecified atom stereocenters. The van der Waals surface area contributed by atoms with Gasteiger partial charge in [0.05, 0.1) is 0 Å². The number of nitrogens with one attached hydrogen (secondary N) is 2. The highest BCUT2D eigenvalue weighted by molar-refractivity contribution is 7.84. The van der Waals surface area contributed by atoms with Crippen LogP contribution in [-0.2, 0) is 10.8 Å². The number of hydrogen-bond donors (Lipinski definition) is 2. The van der Waals surface area contributed by atoms with Crippen molar-refractivity contribution in [3.63, 3.8) is 0 Å². The van der Waals surface area contributed by atoms with E-state index in [0.717, 1.165) is 17.3 Å². The molecule has 5 heteroatoms. The van der Waals surface area contributed by atoms with E-state index in [1.54, 1.807) is 6.26 Å². The SMILES string of the molecule is CC(CCNC(=O)c1cc2ccccc2[nH]1)S(C)=O. The second-order valence-corrected chi connectivity index (χ2v) is 6.43. The van der Waals surface area contributed by atoms with Crippen LogP contribution in [-0.4, -0.2) is 33.2 Å². The van der Waals surface area contributed by atoms with E-state index in [9.17, 15) is 9.00 Å². The van der Waals surface area contributed by atoms with E-state index in [0.29, 0.717) is 12.2 Å². The number of aromatic nitrogens is 1. The van der Waals surface area contributed by atoms with Crippen LogP contribution in [0.15, 0.2) is 30.3 Å². The average Bonchev–Trinajstić information content (AvgIpc) is 2.82. The Labute approximate surface area is 115 Å². The minimum absolute atomic E-state index is 0.100. The van der Waals surface area contributed by atoms with E-state index < -0.39 is 10.8 Å². The lowest BCUT2D eigenvalue weighted by Crippen LogP contribution is -2.27. The Morgan fingerprint density at radius 3 is 2.84 bits per heavy atom. The van der Waals surface area contributed by atoms with Crippen LogP contribution in [0.4, 0.5) is 0 Å². The predicted octanol–water partition coefficient (Wildman–Crippen LogP) is 2.05. The molecular formula is C14H18N2O2S. The van der Waals surface area contributed by atoms with Crippen molar-refractivity contribution in [1.82, 2.24) is 10.3 Å². The third-order valence-electron chi connectivity index (χ3n) is 3.18. The maximum absolute atomic E-state index is 11.9. The summed E-state index contributed by atoms with van der Waals surface area (Å²) in [5.41, 5.74) is 1.52. The van der Waals surface area contributed by atoms with E-state index >= 15 is 0 Å². The maximum Gasteiger partial charge on any atom is 0.267 e. The smallest absolute Gasteiger partial charge is 0.267 e. The van der Waals surface area contributed by atoms with E-state index in [2.05, 4.69) is 10.3 Å². The second-order valence-electron chi connectivity index (χ2n) is 4.62. The molecule has 2 aromatic rings. The van der Waals surface area contributed by atoms with Gasteiger partial charge in [0, 0.05) is 39.8 Å². The molecule has 0 bridgehead atoms. The molecule has 2 N–H and O–H groups in total. The Balaban J connectivity index is 1.94. The summed E-state index contributed by atoms with van der Waals surface area (Å²) in [5.74, 6) is -0.120. The summed E-state index contributed by atoms with van der Waals surface area (Å²) in [4.78, 5) is 15.0. The first-order valence-corrected chi connectivity index (χ1v) is 7.88. The molecule has 0 saturated heterocycles. The average molecular weight is 278 g/mol. The lowest BCUT2D eigenvalue weighted by atomic mass is 10.2. The fraction of sp³-hybridized carbons (Fsp3) is 0.357. The number of rotatable bonds is 5. The van der Waals surface area contributed by atoms with Crippen LogP contribution in [0.3, 0.4) is 0 Å². The van der Waals surface area contributed by atoms with Crippen molar-refractivity contribution < 1.29 is 9.00 Å². The highest BCUT2D eigenvalue weighted by Gasteiger charge is 2.10. The molecule has 0 aliphatic carbocycles. The van der Waals surface area contributed by atoms with Gasteiger partial charge in [0.2, 0.25) is 0 Å². The summed E-state index contributed by atoms with van der Waals surface area (Å²) in [6.07, 6.45) is 2.40. The first-order valence-electron chi connectivity index (χ1n) is 6.26. The van der Waals surface area contributed by atoms with Gasteiger partial charge in [-0.3, -0.25) is 9.00 Å². The third kappa shape index (κ3) is 3.44. The number of H-pyrrole nitrogens is 1. The van der Waals surface area contributed by atoms with Gasteiger partial charge >= 0.3 is 0 Å². The molecular weight excluding hydrogens is 260 g/mol. The summed E-state index contributed by atoms with van der Waals surface area (Å²) in [5, 5.41) is 3.96. The van der Waals surface area contributed by atoms with Gasteiger partial charge in [-0.1, -0.05) is 25.1 Å². The summed E-state index contributed by atoms with van der Waals surface area (Å²) < 4.78 is 11.2. The quantitative estimate of drug-likeness (QED) is 0.879. The van der Waals surface area contributed by atoms with E-state index in [1.807, 2.05) is 37.3 Å². The number of amides is 1. The molecule has 0 aliphatic rings. The van der Waals surface area contributed by atoms with Gasteiger partial charge in [0.1, 0.15) is 5.69 Å². The van der Waals surface area contributed by atoms with Crippen molar-refractivity contribution in [3.05, 3.63) is 36.0 Å². The van der Waals surface area contributed by atoms with Crippen molar-refractivity contribution in [2.24, 2.45) is 0 Å². The van der Waals surface area contributed by atoms with Crippen LogP contribution in [0.2, 0.25) is 0 Å². The van der Waals surface area contributed by atoms with Crippen molar-refractivity contribution in [2.45, 2.75) is 18.6 Å². The van der Waals surface area contributed by atoms with Crippen LogP contribution >= 0.6 is 0 Å². The molecule has 0 fully saturated rings.